The number of ether oxygens (including phenoxy) is 2. The molecule has 32 heavy (non-hydrogen) atoms. The van der Waals surface area contributed by atoms with E-state index in [4.69, 9.17) is 30.5 Å². The van der Waals surface area contributed by atoms with Gasteiger partial charge in [0.1, 0.15) is 18.6 Å². The van der Waals surface area contributed by atoms with Crippen LogP contribution in [0, 0.1) is 0 Å². The van der Waals surface area contributed by atoms with Gasteiger partial charge in [-0.3, -0.25) is 9.36 Å². The molecular formula is C23H15ClN4O4. The molecule has 0 saturated heterocycles. The average molecular weight is 447 g/mol. The van der Waals surface area contributed by atoms with E-state index in [1.165, 1.54) is 17.0 Å². The fourth-order valence-electron chi connectivity index (χ4n) is 3.72. The standard InChI is InChI=1S/C23H15ClN4O4/c24-14-3-5-15(6-4-14)28-21-17(13-25-28)23(29)27(22(26-21)19-2-1-9-30-19)16-7-8-18-20(12-16)32-11-10-31-18/h1-9,12-13H,10-11H2. The molecule has 0 N–H and O–H groups in total. The molecule has 0 fully saturated rings. The minimum atomic E-state index is -0.279. The third-order valence-electron chi connectivity index (χ3n) is 5.20. The molecule has 1 aliphatic heterocycles. The Hall–Kier alpha value is -4.04. The lowest BCUT2D eigenvalue weighted by atomic mass is 10.2. The van der Waals surface area contributed by atoms with Gasteiger partial charge in [-0.1, -0.05) is 11.6 Å². The monoisotopic (exact) mass is 446 g/mol. The third-order valence-corrected chi connectivity index (χ3v) is 5.45. The molecule has 9 heteroatoms. The van der Waals surface area contributed by atoms with E-state index in [9.17, 15) is 4.79 Å². The Labute approximate surface area is 186 Å². The molecule has 0 unspecified atom stereocenters. The van der Waals surface area contributed by atoms with Crippen molar-refractivity contribution in [3.63, 3.8) is 0 Å². The van der Waals surface area contributed by atoms with Gasteiger partial charge in [-0.2, -0.15) is 5.10 Å². The zero-order chi connectivity index (χ0) is 21.7. The molecule has 5 aromatic rings. The SMILES string of the molecule is O=c1c2cnn(-c3ccc(Cl)cc3)c2nc(-c2ccco2)n1-c1ccc2c(c1)OCCO2. The van der Waals surface area contributed by atoms with E-state index in [1.54, 1.807) is 47.1 Å². The van der Waals surface area contributed by atoms with Crippen LogP contribution in [0.3, 0.4) is 0 Å². The number of fused-ring (bicyclic) bond motifs is 2. The van der Waals surface area contributed by atoms with Crippen molar-refractivity contribution in [2.75, 3.05) is 13.2 Å². The first-order valence-electron chi connectivity index (χ1n) is 9.90. The first-order valence-corrected chi connectivity index (χ1v) is 10.3. The van der Waals surface area contributed by atoms with Gasteiger partial charge >= 0.3 is 0 Å². The maximum atomic E-state index is 13.6. The van der Waals surface area contributed by atoms with Gasteiger partial charge in [-0.15, -0.1) is 0 Å². The number of nitrogens with zero attached hydrogens (tertiary/aromatic N) is 4. The first kappa shape index (κ1) is 18.7. The summed E-state index contributed by atoms with van der Waals surface area (Å²) in [6.07, 6.45) is 3.05. The summed E-state index contributed by atoms with van der Waals surface area (Å²) in [6, 6.07) is 16.0. The topological polar surface area (TPSA) is 84.3 Å². The lowest BCUT2D eigenvalue weighted by molar-refractivity contribution is 0.171. The predicted molar refractivity (Wildman–Crippen MR) is 118 cm³/mol. The number of hydrogen-bond donors (Lipinski definition) is 0. The second-order valence-electron chi connectivity index (χ2n) is 7.15. The Balaban J connectivity index is 1.62. The summed E-state index contributed by atoms with van der Waals surface area (Å²) in [5.41, 5.74) is 1.45. The van der Waals surface area contributed by atoms with E-state index >= 15 is 0 Å². The molecule has 6 rings (SSSR count). The zero-order valence-corrected chi connectivity index (χ0v) is 17.3. The molecule has 158 valence electrons. The Morgan fingerprint density at radius 1 is 0.938 bits per heavy atom. The van der Waals surface area contributed by atoms with Crippen LogP contribution in [-0.2, 0) is 0 Å². The highest BCUT2D eigenvalue weighted by Gasteiger charge is 2.21. The second kappa shape index (κ2) is 7.28. The van der Waals surface area contributed by atoms with Crippen molar-refractivity contribution >= 4 is 22.6 Å². The molecule has 3 aromatic heterocycles. The van der Waals surface area contributed by atoms with Gasteiger partial charge in [0.25, 0.3) is 5.56 Å². The number of benzene rings is 2. The lowest BCUT2D eigenvalue weighted by Gasteiger charge is -2.20. The smallest absolute Gasteiger partial charge is 0.269 e. The van der Waals surface area contributed by atoms with Crippen molar-refractivity contribution in [3.05, 3.63) is 82.4 Å². The van der Waals surface area contributed by atoms with Crippen molar-refractivity contribution < 1.29 is 13.9 Å². The normalized spacial score (nSPS) is 12.9. The van der Waals surface area contributed by atoms with E-state index in [-0.39, 0.29) is 5.56 Å². The first-order chi connectivity index (χ1) is 15.7. The van der Waals surface area contributed by atoms with Gasteiger partial charge in [0.15, 0.2) is 28.7 Å². The van der Waals surface area contributed by atoms with E-state index in [0.717, 1.165) is 5.69 Å². The molecular weight excluding hydrogens is 432 g/mol. The molecule has 4 heterocycles. The second-order valence-corrected chi connectivity index (χ2v) is 7.59. The van der Waals surface area contributed by atoms with Crippen molar-refractivity contribution in [2.24, 2.45) is 0 Å². The zero-order valence-electron chi connectivity index (χ0n) is 16.6. The molecule has 0 bridgehead atoms. The van der Waals surface area contributed by atoms with Crippen LogP contribution in [0.1, 0.15) is 0 Å². The van der Waals surface area contributed by atoms with E-state index in [1.807, 2.05) is 12.1 Å². The Morgan fingerprint density at radius 3 is 2.50 bits per heavy atom. The maximum Gasteiger partial charge on any atom is 0.269 e. The number of aromatic nitrogens is 4. The molecule has 2 aromatic carbocycles. The Kier molecular flexibility index (Phi) is 4.26. The van der Waals surface area contributed by atoms with Gasteiger partial charge in [0.2, 0.25) is 0 Å². The van der Waals surface area contributed by atoms with Crippen LogP contribution in [0.4, 0.5) is 0 Å². The van der Waals surface area contributed by atoms with Gasteiger partial charge in [0.05, 0.1) is 23.8 Å². The molecule has 0 spiro atoms. The summed E-state index contributed by atoms with van der Waals surface area (Å²) in [5.74, 6) is 2.00. The maximum absolute atomic E-state index is 13.6. The fourth-order valence-corrected chi connectivity index (χ4v) is 3.85. The van der Waals surface area contributed by atoms with Gasteiger partial charge in [-0.05, 0) is 48.5 Å². The molecule has 0 amide bonds. The van der Waals surface area contributed by atoms with Crippen molar-refractivity contribution in [2.45, 2.75) is 0 Å². The third kappa shape index (κ3) is 2.96. The average Bonchev–Trinajstić information content (AvgIpc) is 3.50. The quantitative estimate of drug-likeness (QED) is 0.412. The Bertz CT molecular complexity index is 1500. The Morgan fingerprint density at radius 2 is 1.72 bits per heavy atom. The van der Waals surface area contributed by atoms with Crippen molar-refractivity contribution in [1.29, 1.82) is 0 Å². The van der Waals surface area contributed by atoms with Crippen LogP contribution in [0.15, 0.2) is 76.3 Å². The summed E-state index contributed by atoms with van der Waals surface area (Å²) in [7, 11) is 0. The van der Waals surface area contributed by atoms with E-state index in [0.29, 0.717) is 58.0 Å². The van der Waals surface area contributed by atoms with Crippen LogP contribution in [0.25, 0.3) is 34.0 Å². The van der Waals surface area contributed by atoms with E-state index < -0.39 is 0 Å². The number of furan rings is 1. The van der Waals surface area contributed by atoms with Gasteiger partial charge < -0.3 is 13.9 Å². The highest BCUT2D eigenvalue weighted by Crippen LogP contribution is 2.33. The van der Waals surface area contributed by atoms with Gasteiger partial charge in [0, 0.05) is 11.1 Å². The molecule has 0 saturated carbocycles. The highest BCUT2D eigenvalue weighted by molar-refractivity contribution is 6.30. The fraction of sp³-hybridized carbons (Fsp3) is 0.0870. The van der Waals surface area contributed by atoms with Crippen molar-refractivity contribution in [3.8, 4) is 34.5 Å². The number of rotatable bonds is 3. The van der Waals surface area contributed by atoms with Crippen LogP contribution >= 0.6 is 11.6 Å². The summed E-state index contributed by atoms with van der Waals surface area (Å²) in [6.45, 7) is 0.933. The summed E-state index contributed by atoms with van der Waals surface area (Å²) < 4.78 is 20.0. The van der Waals surface area contributed by atoms with Crippen molar-refractivity contribution in [1.82, 2.24) is 19.3 Å². The van der Waals surface area contributed by atoms with Crippen LogP contribution < -0.4 is 15.0 Å². The number of halogens is 1. The largest absolute Gasteiger partial charge is 0.486 e. The lowest BCUT2D eigenvalue weighted by Crippen LogP contribution is -2.22. The minimum Gasteiger partial charge on any atom is -0.486 e. The van der Waals surface area contributed by atoms with Crippen LogP contribution in [0.5, 0.6) is 11.5 Å². The predicted octanol–water partition coefficient (Wildman–Crippen LogP) is 4.26. The molecule has 1 aliphatic rings. The van der Waals surface area contributed by atoms with Crippen LogP contribution in [-0.4, -0.2) is 32.5 Å². The molecule has 8 nitrogen and oxygen atoms in total. The van der Waals surface area contributed by atoms with Crippen LogP contribution in [0.2, 0.25) is 5.02 Å². The molecule has 0 radical (unpaired) electrons. The molecule has 0 atom stereocenters. The van der Waals surface area contributed by atoms with Gasteiger partial charge in [-0.25, -0.2) is 9.67 Å². The number of hydrogen-bond acceptors (Lipinski definition) is 6. The summed E-state index contributed by atoms with van der Waals surface area (Å²) >= 11 is 6.02. The summed E-state index contributed by atoms with van der Waals surface area (Å²) in [4.78, 5) is 18.4. The molecule has 0 aliphatic carbocycles. The minimum absolute atomic E-state index is 0.279. The summed E-state index contributed by atoms with van der Waals surface area (Å²) in [5, 5.41) is 5.38. The highest BCUT2D eigenvalue weighted by atomic mass is 35.5. The van der Waals surface area contributed by atoms with E-state index in [2.05, 4.69) is 5.10 Å².